The molecule has 1 amide bonds. The third-order valence-electron chi connectivity index (χ3n) is 5.41. The van der Waals surface area contributed by atoms with E-state index in [-0.39, 0.29) is 11.7 Å². The molecule has 1 aromatic carbocycles. The largest absolute Gasteiger partial charge is 0.342 e. The van der Waals surface area contributed by atoms with E-state index in [0.29, 0.717) is 5.92 Å². The molecule has 1 atom stereocenters. The number of hydrogen-bond acceptors (Lipinski definition) is 2. The van der Waals surface area contributed by atoms with Crippen LogP contribution in [-0.2, 0) is 23.7 Å². The van der Waals surface area contributed by atoms with Gasteiger partial charge in [-0.15, -0.1) is 0 Å². The van der Waals surface area contributed by atoms with Crippen molar-refractivity contribution in [3.05, 3.63) is 53.6 Å². The van der Waals surface area contributed by atoms with Crippen LogP contribution in [0.3, 0.4) is 0 Å². The molecular formula is C19H22FN3O. The summed E-state index contributed by atoms with van der Waals surface area (Å²) in [6, 6.07) is 6.45. The predicted octanol–water partition coefficient (Wildman–Crippen LogP) is 2.68. The molecule has 1 aliphatic carbocycles. The topological polar surface area (TPSA) is 38.1 Å². The molecule has 1 aliphatic heterocycles. The Balaban J connectivity index is 1.43. The summed E-state index contributed by atoms with van der Waals surface area (Å²) in [5.74, 6) is 0.477. The molecule has 1 unspecified atom stereocenters. The zero-order valence-corrected chi connectivity index (χ0v) is 13.9. The molecule has 0 radical (unpaired) electrons. The lowest BCUT2D eigenvalue weighted by atomic mass is 9.94. The van der Waals surface area contributed by atoms with Crippen LogP contribution in [0.15, 0.2) is 36.7 Å². The monoisotopic (exact) mass is 327 g/mol. The number of likely N-dealkylation sites (tertiary alicyclic amines) is 1. The number of amides is 1. The minimum absolute atomic E-state index is 0.225. The average Bonchev–Trinajstić information content (AvgIpc) is 3.08. The SMILES string of the molecule is Cn1cc(CC2CCN(C(=O)C3(c4ccc(F)cc4)CC3)C2)cn1. The summed E-state index contributed by atoms with van der Waals surface area (Å²) in [4.78, 5) is 15.0. The zero-order valence-electron chi connectivity index (χ0n) is 13.9. The fourth-order valence-corrected chi connectivity index (χ4v) is 3.92. The van der Waals surface area contributed by atoms with Crippen LogP contribution in [-0.4, -0.2) is 33.7 Å². The fourth-order valence-electron chi connectivity index (χ4n) is 3.92. The Kier molecular flexibility index (Phi) is 3.66. The summed E-state index contributed by atoms with van der Waals surface area (Å²) in [6.07, 6.45) is 7.72. The van der Waals surface area contributed by atoms with E-state index in [9.17, 15) is 9.18 Å². The Hall–Kier alpha value is -2.17. The third-order valence-corrected chi connectivity index (χ3v) is 5.41. The van der Waals surface area contributed by atoms with Gasteiger partial charge in [0, 0.05) is 26.3 Å². The predicted molar refractivity (Wildman–Crippen MR) is 88.9 cm³/mol. The summed E-state index contributed by atoms with van der Waals surface area (Å²) in [5.41, 5.74) is 1.80. The van der Waals surface area contributed by atoms with Crippen molar-refractivity contribution in [2.45, 2.75) is 31.1 Å². The molecule has 4 nitrogen and oxygen atoms in total. The van der Waals surface area contributed by atoms with Crippen molar-refractivity contribution in [3.63, 3.8) is 0 Å². The molecule has 2 aromatic rings. The van der Waals surface area contributed by atoms with Crippen molar-refractivity contribution < 1.29 is 9.18 Å². The van der Waals surface area contributed by atoms with Crippen LogP contribution in [0.2, 0.25) is 0 Å². The van der Waals surface area contributed by atoms with E-state index in [0.717, 1.165) is 44.3 Å². The lowest BCUT2D eigenvalue weighted by Crippen LogP contribution is -2.38. The Morgan fingerprint density at radius 2 is 2.08 bits per heavy atom. The van der Waals surface area contributed by atoms with E-state index < -0.39 is 5.41 Å². The van der Waals surface area contributed by atoms with Gasteiger partial charge in [0.25, 0.3) is 0 Å². The van der Waals surface area contributed by atoms with Crippen molar-refractivity contribution in [3.8, 4) is 0 Å². The summed E-state index contributed by atoms with van der Waals surface area (Å²) in [6.45, 7) is 1.64. The maximum atomic E-state index is 13.2. The van der Waals surface area contributed by atoms with Gasteiger partial charge in [0.15, 0.2) is 0 Å². The van der Waals surface area contributed by atoms with Crippen LogP contribution in [0, 0.1) is 11.7 Å². The minimum atomic E-state index is -0.392. The molecule has 0 bridgehead atoms. The Morgan fingerprint density at radius 3 is 2.71 bits per heavy atom. The van der Waals surface area contributed by atoms with Crippen LogP contribution in [0.25, 0.3) is 0 Å². The van der Waals surface area contributed by atoms with E-state index in [2.05, 4.69) is 5.10 Å². The second-order valence-corrected chi connectivity index (χ2v) is 7.22. The minimum Gasteiger partial charge on any atom is -0.342 e. The van der Waals surface area contributed by atoms with E-state index in [1.165, 1.54) is 17.7 Å². The maximum Gasteiger partial charge on any atom is 0.233 e. The molecule has 2 fully saturated rings. The molecule has 4 rings (SSSR count). The number of nitrogens with zero attached hydrogens (tertiary/aromatic N) is 3. The number of rotatable bonds is 4. The van der Waals surface area contributed by atoms with Gasteiger partial charge in [-0.25, -0.2) is 4.39 Å². The van der Waals surface area contributed by atoms with Crippen molar-refractivity contribution in [1.29, 1.82) is 0 Å². The second kappa shape index (κ2) is 5.72. The highest BCUT2D eigenvalue weighted by atomic mass is 19.1. The number of benzene rings is 1. The molecule has 1 saturated heterocycles. The third kappa shape index (κ3) is 2.72. The molecular weight excluding hydrogens is 305 g/mol. The molecule has 1 aromatic heterocycles. The smallest absolute Gasteiger partial charge is 0.233 e. The molecule has 1 saturated carbocycles. The Morgan fingerprint density at radius 1 is 1.33 bits per heavy atom. The van der Waals surface area contributed by atoms with Crippen molar-refractivity contribution >= 4 is 5.91 Å². The molecule has 2 aliphatic rings. The average molecular weight is 327 g/mol. The van der Waals surface area contributed by atoms with Gasteiger partial charge in [-0.3, -0.25) is 9.48 Å². The van der Waals surface area contributed by atoms with Gasteiger partial charge < -0.3 is 4.90 Å². The highest BCUT2D eigenvalue weighted by molar-refractivity contribution is 5.91. The first kappa shape index (κ1) is 15.4. The number of carbonyl (C=O) groups excluding carboxylic acids is 1. The summed E-state index contributed by atoms with van der Waals surface area (Å²) in [7, 11) is 1.92. The molecule has 2 heterocycles. The van der Waals surface area contributed by atoms with E-state index in [1.807, 2.05) is 29.0 Å². The molecule has 5 heteroatoms. The van der Waals surface area contributed by atoms with E-state index >= 15 is 0 Å². The van der Waals surface area contributed by atoms with E-state index in [1.54, 1.807) is 12.1 Å². The van der Waals surface area contributed by atoms with Crippen LogP contribution < -0.4 is 0 Å². The van der Waals surface area contributed by atoms with Gasteiger partial charge in [-0.05, 0) is 54.9 Å². The van der Waals surface area contributed by atoms with Crippen molar-refractivity contribution in [2.75, 3.05) is 13.1 Å². The number of carbonyl (C=O) groups is 1. The fraction of sp³-hybridized carbons (Fsp3) is 0.474. The molecule has 0 spiro atoms. The lowest BCUT2D eigenvalue weighted by Gasteiger charge is -2.23. The van der Waals surface area contributed by atoms with Crippen LogP contribution in [0.1, 0.15) is 30.4 Å². The Bertz CT molecular complexity index is 748. The first-order valence-corrected chi connectivity index (χ1v) is 8.60. The van der Waals surface area contributed by atoms with Gasteiger partial charge in [0.2, 0.25) is 5.91 Å². The van der Waals surface area contributed by atoms with Crippen molar-refractivity contribution in [1.82, 2.24) is 14.7 Å². The normalized spacial score (nSPS) is 21.9. The number of aryl methyl sites for hydroxylation is 1. The highest BCUT2D eigenvalue weighted by Crippen LogP contribution is 2.50. The molecule has 0 N–H and O–H groups in total. The first-order chi connectivity index (χ1) is 11.6. The highest BCUT2D eigenvalue weighted by Gasteiger charge is 2.53. The Labute approximate surface area is 141 Å². The van der Waals surface area contributed by atoms with Gasteiger partial charge in [0.05, 0.1) is 11.6 Å². The standard InChI is InChI=1S/C19H22FN3O/c1-22-12-15(11-21-22)10-14-6-9-23(13-14)18(24)19(7-8-19)16-2-4-17(20)5-3-16/h2-5,11-12,14H,6-10,13H2,1H3. The van der Waals surface area contributed by atoms with Gasteiger partial charge in [-0.2, -0.15) is 5.10 Å². The maximum absolute atomic E-state index is 13.2. The summed E-state index contributed by atoms with van der Waals surface area (Å²) >= 11 is 0. The van der Waals surface area contributed by atoms with Crippen molar-refractivity contribution in [2.24, 2.45) is 13.0 Å². The summed E-state index contributed by atoms with van der Waals surface area (Å²) in [5, 5.41) is 4.21. The molecule has 24 heavy (non-hydrogen) atoms. The van der Waals surface area contributed by atoms with Crippen LogP contribution in [0.4, 0.5) is 4.39 Å². The summed E-state index contributed by atoms with van der Waals surface area (Å²) < 4.78 is 15.0. The van der Waals surface area contributed by atoms with Crippen LogP contribution >= 0.6 is 0 Å². The van der Waals surface area contributed by atoms with Gasteiger partial charge >= 0.3 is 0 Å². The second-order valence-electron chi connectivity index (χ2n) is 7.22. The number of aromatic nitrogens is 2. The quantitative estimate of drug-likeness (QED) is 0.866. The molecule has 126 valence electrons. The van der Waals surface area contributed by atoms with Gasteiger partial charge in [-0.1, -0.05) is 12.1 Å². The lowest BCUT2D eigenvalue weighted by molar-refractivity contribution is -0.133. The van der Waals surface area contributed by atoms with Gasteiger partial charge in [0.1, 0.15) is 5.82 Å². The zero-order chi connectivity index (χ0) is 16.7. The first-order valence-electron chi connectivity index (χ1n) is 8.60. The van der Waals surface area contributed by atoms with E-state index in [4.69, 9.17) is 0 Å². The number of halogens is 1. The van der Waals surface area contributed by atoms with Crippen LogP contribution in [0.5, 0.6) is 0 Å². The number of hydrogen-bond donors (Lipinski definition) is 0.